The lowest BCUT2D eigenvalue weighted by molar-refractivity contribution is 0.466. The molecule has 0 atom stereocenters. The first kappa shape index (κ1) is 14.4. The fourth-order valence-electron chi connectivity index (χ4n) is 1.69. The molecule has 0 aliphatic heterocycles. The van der Waals surface area contributed by atoms with Crippen LogP contribution >= 0.6 is 0 Å². The molecule has 0 radical (unpaired) electrons. The van der Waals surface area contributed by atoms with Gasteiger partial charge in [0.25, 0.3) is 0 Å². The second kappa shape index (κ2) is 5.57. The van der Waals surface area contributed by atoms with E-state index in [1.807, 2.05) is 0 Å². The van der Waals surface area contributed by atoms with Crippen LogP contribution in [-0.4, -0.2) is 34.5 Å². The molecule has 2 aromatic rings. The van der Waals surface area contributed by atoms with Crippen LogP contribution in [0, 0.1) is 0 Å². The van der Waals surface area contributed by atoms with Gasteiger partial charge in [-0.25, -0.2) is 19.2 Å². The first-order valence-electron chi connectivity index (χ1n) is 5.80. The van der Waals surface area contributed by atoms with Crippen LogP contribution in [-0.2, 0) is 23.6 Å². The molecule has 0 bridgehead atoms. The molecule has 3 N–H and O–H groups in total. The molecule has 0 aliphatic carbocycles. The Hall–Kier alpha value is -1.97. The van der Waals surface area contributed by atoms with Crippen molar-refractivity contribution >= 4 is 15.8 Å². The van der Waals surface area contributed by atoms with Crippen molar-refractivity contribution in [2.24, 2.45) is 12.9 Å². The van der Waals surface area contributed by atoms with E-state index in [0.29, 0.717) is 5.82 Å². The molecule has 2 aromatic heterocycles. The molecule has 0 aliphatic rings. The summed E-state index contributed by atoms with van der Waals surface area (Å²) in [5.41, 5.74) is 3.16. The Labute approximate surface area is 117 Å². The molecule has 0 aromatic carbocycles. The lowest BCUT2D eigenvalue weighted by Crippen LogP contribution is -2.26. The van der Waals surface area contributed by atoms with Crippen LogP contribution in [0.2, 0.25) is 0 Å². The molecule has 0 saturated heterocycles. The zero-order valence-corrected chi connectivity index (χ0v) is 12.0. The van der Waals surface area contributed by atoms with Crippen molar-refractivity contribution < 1.29 is 8.42 Å². The number of nitrogen functional groups attached to an aromatic ring is 1. The van der Waals surface area contributed by atoms with Gasteiger partial charge in [-0.15, -0.1) is 0 Å². The van der Waals surface area contributed by atoms with Crippen LogP contribution in [0.5, 0.6) is 0 Å². The number of pyridine rings is 1. The Morgan fingerprint density at radius 3 is 2.65 bits per heavy atom. The monoisotopic (exact) mass is 296 g/mol. The maximum Gasteiger partial charge on any atom is 0.244 e. The number of hydrogen-bond acceptors (Lipinski definition) is 6. The summed E-state index contributed by atoms with van der Waals surface area (Å²) in [7, 11) is -0.298. The predicted molar refractivity (Wildman–Crippen MR) is 73.9 cm³/mol. The number of aromatic nitrogens is 3. The average Bonchev–Trinajstić information content (AvgIpc) is 2.84. The molecule has 20 heavy (non-hydrogen) atoms. The van der Waals surface area contributed by atoms with Gasteiger partial charge in [0, 0.05) is 38.6 Å². The van der Waals surface area contributed by atoms with E-state index in [1.54, 1.807) is 24.1 Å². The topological polar surface area (TPSA) is 106 Å². The molecule has 9 heteroatoms. The van der Waals surface area contributed by atoms with Crippen LogP contribution in [0.25, 0.3) is 0 Å². The van der Waals surface area contributed by atoms with Gasteiger partial charge in [-0.3, -0.25) is 4.68 Å². The summed E-state index contributed by atoms with van der Waals surface area (Å²) in [5.74, 6) is 5.59. The largest absolute Gasteiger partial charge is 0.308 e. The van der Waals surface area contributed by atoms with Crippen LogP contribution in [0.1, 0.15) is 5.56 Å². The van der Waals surface area contributed by atoms with Crippen LogP contribution < -0.4 is 11.3 Å². The highest BCUT2D eigenvalue weighted by Gasteiger charge is 2.21. The summed E-state index contributed by atoms with van der Waals surface area (Å²) in [4.78, 5) is 4.01. The number of nitrogens with two attached hydrogens (primary N) is 1. The van der Waals surface area contributed by atoms with Gasteiger partial charge in [0.1, 0.15) is 10.7 Å². The van der Waals surface area contributed by atoms with E-state index in [9.17, 15) is 8.42 Å². The van der Waals surface area contributed by atoms with E-state index in [4.69, 9.17) is 5.84 Å². The number of nitrogens with one attached hydrogen (secondary N) is 1. The van der Waals surface area contributed by atoms with Crippen molar-refractivity contribution in [3.63, 3.8) is 0 Å². The van der Waals surface area contributed by atoms with Gasteiger partial charge >= 0.3 is 0 Å². The highest BCUT2D eigenvalue weighted by molar-refractivity contribution is 7.89. The Morgan fingerprint density at radius 2 is 2.15 bits per heavy atom. The van der Waals surface area contributed by atoms with Gasteiger partial charge in [0.2, 0.25) is 10.0 Å². The van der Waals surface area contributed by atoms with E-state index in [1.165, 1.54) is 29.7 Å². The summed E-state index contributed by atoms with van der Waals surface area (Å²) < 4.78 is 27.6. The minimum absolute atomic E-state index is 0.114. The Kier molecular flexibility index (Phi) is 4.02. The van der Waals surface area contributed by atoms with Crippen molar-refractivity contribution in [1.82, 2.24) is 19.1 Å². The van der Waals surface area contributed by atoms with Crippen LogP contribution in [0.4, 0.5) is 5.82 Å². The smallest absolute Gasteiger partial charge is 0.244 e. The Bertz CT molecular complexity index is 679. The first-order chi connectivity index (χ1) is 9.43. The minimum Gasteiger partial charge on any atom is -0.308 e. The summed E-state index contributed by atoms with van der Waals surface area (Å²) >= 11 is 0. The summed E-state index contributed by atoms with van der Waals surface area (Å²) in [6.07, 6.45) is 4.67. The Balaban J connectivity index is 2.19. The Morgan fingerprint density at radius 1 is 1.40 bits per heavy atom. The van der Waals surface area contributed by atoms with Gasteiger partial charge in [-0.05, 0) is 12.1 Å². The summed E-state index contributed by atoms with van der Waals surface area (Å²) in [5, 5.41) is 4.01. The fraction of sp³-hybridized carbons (Fsp3) is 0.273. The number of nitrogens with zero attached hydrogens (tertiary/aromatic N) is 4. The van der Waals surface area contributed by atoms with Gasteiger partial charge in [0.05, 0.1) is 6.20 Å². The van der Waals surface area contributed by atoms with Crippen molar-refractivity contribution in [1.29, 1.82) is 0 Å². The SMILES string of the molecule is CN(Cc1cnn(C)c1)S(=O)(=O)c1ccc(NN)nc1. The third-order valence-electron chi connectivity index (χ3n) is 2.76. The molecule has 108 valence electrons. The quantitative estimate of drug-likeness (QED) is 0.590. The van der Waals surface area contributed by atoms with Gasteiger partial charge < -0.3 is 5.43 Å². The molecule has 0 unspecified atom stereocenters. The normalized spacial score (nSPS) is 11.8. The minimum atomic E-state index is -3.59. The molecule has 0 fully saturated rings. The zero-order valence-electron chi connectivity index (χ0n) is 11.2. The summed E-state index contributed by atoms with van der Waals surface area (Å²) in [6.45, 7) is 0.243. The highest BCUT2D eigenvalue weighted by atomic mass is 32.2. The maximum absolute atomic E-state index is 12.4. The number of aryl methyl sites for hydroxylation is 1. The highest BCUT2D eigenvalue weighted by Crippen LogP contribution is 2.16. The van der Waals surface area contributed by atoms with Gasteiger partial charge in [-0.1, -0.05) is 0 Å². The zero-order chi connectivity index (χ0) is 14.8. The molecular formula is C11H16N6O2S. The second-order valence-corrected chi connectivity index (χ2v) is 6.35. The van der Waals surface area contributed by atoms with E-state index < -0.39 is 10.0 Å². The predicted octanol–water partition coefficient (Wildman–Crippen LogP) is -0.0786. The standard InChI is InChI=1S/C11H16N6O2S/c1-16-7-9(5-14-16)8-17(2)20(18,19)10-3-4-11(15-12)13-6-10/h3-7H,8,12H2,1-2H3,(H,13,15). The summed E-state index contributed by atoms with van der Waals surface area (Å²) in [6, 6.07) is 2.96. The number of hydrogen-bond donors (Lipinski definition) is 2. The van der Waals surface area contributed by atoms with Crippen LogP contribution in [0.15, 0.2) is 35.6 Å². The third-order valence-corrected chi connectivity index (χ3v) is 4.54. The number of anilines is 1. The first-order valence-corrected chi connectivity index (χ1v) is 7.24. The average molecular weight is 296 g/mol. The van der Waals surface area contributed by atoms with Crippen molar-refractivity contribution in [3.8, 4) is 0 Å². The maximum atomic E-state index is 12.4. The molecule has 2 rings (SSSR count). The van der Waals surface area contributed by atoms with E-state index in [2.05, 4.69) is 15.5 Å². The number of sulfonamides is 1. The molecule has 0 spiro atoms. The lowest BCUT2D eigenvalue weighted by Gasteiger charge is -2.16. The number of hydrazine groups is 1. The molecule has 8 nitrogen and oxygen atoms in total. The fourth-order valence-corrected chi connectivity index (χ4v) is 2.80. The van der Waals surface area contributed by atoms with E-state index in [0.717, 1.165) is 5.56 Å². The van der Waals surface area contributed by atoms with Crippen molar-refractivity contribution in [3.05, 3.63) is 36.3 Å². The van der Waals surface area contributed by atoms with Crippen molar-refractivity contribution in [2.75, 3.05) is 12.5 Å². The van der Waals surface area contributed by atoms with E-state index in [-0.39, 0.29) is 11.4 Å². The number of rotatable bonds is 5. The van der Waals surface area contributed by atoms with E-state index >= 15 is 0 Å². The molecule has 0 amide bonds. The molecule has 2 heterocycles. The van der Waals surface area contributed by atoms with Gasteiger partial charge in [-0.2, -0.15) is 9.40 Å². The third kappa shape index (κ3) is 2.95. The molecule has 0 saturated carbocycles. The molecular weight excluding hydrogens is 280 g/mol. The second-order valence-electron chi connectivity index (χ2n) is 4.31. The van der Waals surface area contributed by atoms with Crippen LogP contribution in [0.3, 0.4) is 0 Å². The lowest BCUT2D eigenvalue weighted by atomic mass is 10.4. The van der Waals surface area contributed by atoms with Gasteiger partial charge in [0.15, 0.2) is 0 Å². The van der Waals surface area contributed by atoms with Crippen molar-refractivity contribution in [2.45, 2.75) is 11.4 Å².